The van der Waals surface area contributed by atoms with Crippen LogP contribution in [-0.2, 0) is 20.1 Å². The molecule has 1 heterocycles. The Kier molecular flexibility index (Phi) is 8.21. The van der Waals surface area contributed by atoms with Gasteiger partial charge in [-0.25, -0.2) is 9.97 Å². The van der Waals surface area contributed by atoms with Crippen molar-refractivity contribution in [2.75, 3.05) is 0 Å². The molecule has 197 valence electrons. The van der Waals surface area contributed by atoms with Crippen molar-refractivity contribution in [2.45, 2.75) is 60.3 Å². The molecule has 0 amide bonds. The smallest absolute Gasteiger partial charge is 0.132 e. The van der Waals surface area contributed by atoms with Crippen LogP contribution < -0.4 is 0 Å². The molecule has 0 aliphatic carbocycles. The van der Waals surface area contributed by atoms with Crippen molar-refractivity contribution in [1.29, 1.82) is 0 Å². The van der Waals surface area contributed by atoms with Crippen LogP contribution in [0.15, 0.2) is 91.0 Å². The zero-order valence-corrected chi connectivity index (χ0v) is 25.8. The maximum atomic E-state index is 5.32. The molecule has 4 aromatic carbocycles. The molecule has 0 unspecified atom stereocenters. The molecule has 5 aromatic rings. The molecule has 0 N–H and O–H groups in total. The molecule has 1 radical (unpaired) electrons. The number of hydrogen-bond acceptors (Lipinski definition) is 2. The number of benzene rings is 4. The van der Waals surface area contributed by atoms with Gasteiger partial charge in [-0.3, -0.25) is 0 Å². The fourth-order valence-electron chi connectivity index (χ4n) is 5.56. The van der Waals surface area contributed by atoms with Crippen molar-refractivity contribution in [3.63, 3.8) is 0 Å². The van der Waals surface area contributed by atoms with E-state index in [-0.39, 0.29) is 36.9 Å². The predicted octanol–water partition coefficient (Wildman–Crippen LogP) is 10.1. The Balaban J connectivity index is 0.00000336. The van der Waals surface area contributed by atoms with Gasteiger partial charge in [-0.05, 0) is 51.3 Å². The second kappa shape index (κ2) is 11.1. The Hall–Kier alpha value is -2.87. The summed E-state index contributed by atoms with van der Waals surface area (Å²) in [6.45, 7) is 13.9. The summed E-state index contributed by atoms with van der Waals surface area (Å²) in [6.07, 6.45) is 2.08. The summed E-state index contributed by atoms with van der Waals surface area (Å²) in [7, 11) is 0. The van der Waals surface area contributed by atoms with E-state index in [0.29, 0.717) is 0 Å². The summed E-state index contributed by atoms with van der Waals surface area (Å²) >= 11 is 0. The fraction of sp³-hybridized carbons (Fsp3) is 0.314. The first-order valence-corrected chi connectivity index (χ1v) is 13.4. The summed E-state index contributed by atoms with van der Waals surface area (Å²) in [5, 5.41) is 4.91. The quantitative estimate of drug-likeness (QED) is 0.185. The minimum absolute atomic E-state index is 0. The van der Waals surface area contributed by atoms with Gasteiger partial charge in [0.15, 0.2) is 0 Å². The normalized spacial score (nSPS) is 12.2. The van der Waals surface area contributed by atoms with E-state index in [4.69, 9.17) is 9.97 Å². The Morgan fingerprint density at radius 3 is 1.37 bits per heavy atom. The van der Waals surface area contributed by atoms with Gasteiger partial charge in [-0.15, -0.1) is 0 Å². The molecule has 0 atom stereocenters. The Morgan fingerprint density at radius 2 is 0.947 bits per heavy atom. The molecule has 5 rings (SSSR count). The van der Waals surface area contributed by atoms with Gasteiger partial charge in [0.1, 0.15) is 5.82 Å². The molecule has 2 nitrogen and oxygen atoms in total. The van der Waals surface area contributed by atoms with Crippen molar-refractivity contribution in [1.82, 2.24) is 9.97 Å². The fourth-order valence-corrected chi connectivity index (χ4v) is 5.56. The zero-order chi connectivity index (χ0) is 26.2. The average Bonchev–Trinajstić information content (AvgIpc) is 2.85. The van der Waals surface area contributed by atoms with Gasteiger partial charge in [-0.1, -0.05) is 126 Å². The molecule has 1 aromatic heterocycles. The van der Waals surface area contributed by atoms with E-state index in [1.807, 2.05) is 0 Å². The van der Waals surface area contributed by atoms with Crippen molar-refractivity contribution < 1.29 is 20.1 Å². The molecule has 0 aliphatic rings. The van der Waals surface area contributed by atoms with Crippen LogP contribution in [0.1, 0.15) is 66.1 Å². The monoisotopic (exact) mass is 679 g/mol. The van der Waals surface area contributed by atoms with Crippen LogP contribution in [0.2, 0.25) is 0 Å². The average molecular weight is 679 g/mol. The SMILES string of the molecule is CC(C)(C)CC(CC(C)(C)C)c1nc(-c2cccc3ccccc23)cc(-c2cccc3ccccc23)n1.[Ir]. The first-order valence-electron chi connectivity index (χ1n) is 13.4. The van der Waals surface area contributed by atoms with Gasteiger partial charge in [-0.2, -0.15) is 0 Å². The largest absolute Gasteiger partial charge is 0.233 e. The van der Waals surface area contributed by atoms with Crippen LogP contribution in [0.4, 0.5) is 0 Å². The van der Waals surface area contributed by atoms with Crippen LogP contribution in [0.3, 0.4) is 0 Å². The van der Waals surface area contributed by atoms with E-state index in [1.54, 1.807) is 0 Å². The van der Waals surface area contributed by atoms with E-state index in [2.05, 4.69) is 133 Å². The topological polar surface area (TPSA) is 25.8 Å². The predicted molar refractivity (Wildman–Crippen MR) is 159 cm³/mol. The molecule has 0 aliphatic heterocycles. The Labute approximate surface area is 241 Å². The molecular formula is C35H38IrN2. The first-order chi connectivity index (χ1) is 17.6. The molecule has 0 fully saturated rings. The van der Waals surface area contributed by atoms with Gasteiger partial charge in [0.25, 0.3) is 0 Å². The third-order valence-electron chi connectivity index (χ3n) is 6.96. The van der Waals surface area contributed by atoms with E-state index in [0.717, 1.165) is 41.2 Å². The van der Waals surface area contributed by atoms with Crippen molar-refractivity contribution in [3.8, 4) is 22.5 Å². The maximum absolute atomic E-state index is 5.32. The van der Waals surface area contributed by atoms with Crippen LogP contribution in [0, 0.1) is 10.8 Å². The Bertz CT molecular complexity index is 1430. The summed E-state index contributed by atoms with van der Waals surface area (Å²) in [5.74, 6) is 1.22. The number of fused-ring (bicyclic) bond motifs is 2. The van der Waals surface area contributed by atoms with Crippen LogP contribution >= 0.6 is 0 Å². The summed E-state index contributed by atoms with van der Waals surface area (Å²) < 4.78 is 0. The van der Waals surface area contributed by atoms with E-state index in [1.165, 1.54) is 21.5 Å². The molecule has 0 bridgehead atoms. The van der Waals surface area contributed by atoms with E-state index < -0.39 is 0 Å². The molecule has 0 spiro atoms. The van der Waals surface area contributed by atoms with Gasteiger partial charge >= 0.3 is 0 Å². The zero-order valence-electron chi connectivity index (χ0n) is 23.4. The third kappa shape index (κ3) is 6.39. The number of rotatable bonds is 5. The van der Waals surface area contributed by atoms with Crippen LogP contribution in [0.25, 0.3) is 44.1 Å². The number of hydrogen-bond donors (Lipinski definition) is 0. The second-order valence-corrected chi connectivity index (χ2v) is 12.8. The molecule has 38 heavy (non-hydrogen) atoms. The standard InChI is InChI=1S/C35H38N2.Ir/c1-34(2,3)22-26(23-35(4,5)6)33-36-31(29-19-11-15-24-13-7-9-17-27(24)29)21-32(37-33)30-20-12-16-25-14-8-10-18-28(25)30;/h7-21,26H,22-23H2,1-6H3;. The van der Waals surface area contributed by atoms with Gasteiger partial charge in [0.05, 0.1) is 11.4 Å². The maximum Gasteiger partial charge on any atom is 0.132 e. The third-order valence-corrected chi connectivity index (χ3v) is 6.96. The summed E-state index contributed by atoms with van der Waals surface area (Å²) in [4.78, 5) is 10.6. The van der Waals surface area contributed by atoms with E-state index in [9.17, 15) is 0 Å². The number of nitrogens with zero attached hydrogens (tertiary/aromatic N) is 2. The summed E-state index contributed by atoms with van der Waals surface area (Å²) in [5.41, 5.74) is 4.67. The van der Waals surface area contributed by atoms with Gasteiger partial charge in [0, 0.05) is 37.2 Å². The van der Waals surface area contributed by atoms with Crippen molar-refractivity contribution >= 4 is 21.5 Å². The van der Waals surface area contributed by atoms with Crippen LogP contribution in [-0.4, -0.2) is 9.97 Å². The van der Waals surface area contributed by atoms with Crippen molar-refractivity contribution in [3.05, 3.63) is 96.8 Å². The Morgan fingerprint density at radius 1 is 0.553 bits per heavy atom. The molecule has 3 heteroatoms. The van der Waals surface area contributed by atoms with Gasteiger partial charge in [0.2, 0.25) is 0 Å². The first kappa shape index (κ1) is 28.1. The summed E-state index contributed by atoms with van der Waals surface area (Å²) in [6, 6.07) is 32.4. The van der Waals surface area contributed by atoms with Gasteiger partial charge < -0.3 is 0 Å². The number of aromatic nitrogens is 2. The molecule has 0 saturated heterocycles. The van der Waals surface area contributed by atoms with E-state index >= 15 is 0 Å². The molecular weight excluding hydrogens is 641 g/mol. The minimum atomic E-state index is 0. The van der Waals surface area contributed by atoms with Crippen LogP contribution in [0.5, 0.6) is 0 Å². The second-order valence-electron chi connectivity index (χ2n) is 12.8. The molecule has 0 saturated carbocycles. The van der Waals surface area contributed by atoms with Crippen molar-refractivity contribution in [2.24, 2.45) is 10.8 Å². The minimum Gasteiger partial charge on any atom is -0.233 e.